The maximum Gasteiger partial charge on any atom is 0.231 e. The van der Waals surface area contributed by atoms with Gasteiger partial charge in [-0.05, 0) is 0 Å². The Hall–Kier alpha value is -0.940. The molecule has 68 valence electrons. The van der Waals surface area contributed by atoms with E-state index in [2.05, 4.69) is 0 Å². The van der Waals surface area contributed by atoms with Crippen LogP contribution in [-0.2, 0) is 4.79 Å². The van der Waals surface area contributed by atoms with E-state index in [1.165, 1.54) is 0 Å². The van der Waals surface area contributed by atoms with Gasteiger partial charge in [-0.15, -0.1) is 0 Å². The molecule has 0 aliphatic heterocycles. The minimum absolute atomic E-state index is 1.98. The van der Waals surface area contributed by atoms with Crippen molar-refractivity contribution in [1.82, 2.24) is 0 Å². The summed E-state index contributed by atoms with van der Waals surface area (Å²) in [5, 5.41) is 0. The molecule has 1 aliphatic rings. The maximum absolute atomic E-state index is 12.2. The fourth-order valence-electron chi connectivity index (χ4n) is 0.793. The maximum atomic E-state index is 12.2. The van der Waals surface area contributed by atoms with Gasteiger partial charge in [0.25, 0.3) is 0 Å². The molecule has 0 amide bonds. The molecule has 0 aromatic heterocycles. The van der Waals surface area contributed by atoms with Gasteiger partial charge in [0.05, 0.1) is 0 Å². The lowest BCUT2D eigenvalue weighted by Gasteiger charge is -2.19. The zero-order valence-corrected chi connectivity index (χ0v) is 5.53. The summed E-state index contributed by atoms with van der Waals surface area (Å²) >= 11 is 0. The summed E-state index contributed by atoms with van der Waals surface area (Å²) in [4.78, 5) is 10.2. The molecule has 12 heavy (non-hydrogen) atoms. The molecular weight excluding hydrogens is 183 g/mol. The Morgan fingerprint density at radius 3 is 2.00 bits per heavy atom. The van der Waals surface area contributed by atoms with E-state index in [1.807, 2.05) is 0 Å². The third-order valence-corrected chi connectivity index (χ3v) is 1.48. The standard InChI is InChI=1S/C6H3F5O/c7-1-2(8)4(10)6(12)5(11)3(1)9/h1-2,4H. The van der Waals surface area contributed by atoms with Crippen LogP contribution < -0.4 is 0 Å². The second-order valence-corrected chi connectivity index (χ2v) is 2.27. The van der Waals surface area contributed by atoms with E-state index in [9.17, 15) is 26.7 Å². The molecule has 6 heteroatoms. The first-order valence-electron chi connectivity index (χ1n) is 2.98. The summed E-state index contributed by atoms with van der Waals surface area (Å²) in [5.41, 5.74) is 0. The van der Waals surface area contributed by atoms with E-state index in [1.54, 1.807) is 0 Å². The second kappa shape index (κ2) is 2.84. The number of alkyl halides is 3. The first kappa shape index (κ1) is 9.15. The normalized spacial score (nSPS) is 37.4. The van der Waals surface area contributed by atoms with Crippen LogP contribution >= 0.6 is 0 Å². The van der Waals surface area contributed by atoms with E-state index in [0.717, 1.165) is 0 Å². The van der Waals surface area contributed by atoms with Crippen molar-refractivity contribution >= 4 is 5.78 Å². The predicted molar refractivity (Wildman–Crippen MR) is 28.9 cm³/mol. The molecule has 0 heterocycles. The lowest BCUT2D eigenvalue weighted by atomic mass is 9.99. The number of hydrogen-bond donors (Lipinski definition) is 0. The van der Waals surface area contributed by atoms with E-state index in [4.69, 9.17) is 0 Å². The van der Waals surface area contributed by atoms with Crippen LogP contribution in [0, 0.1) is 0 Å². The molecule has 0 spiro atoms. The highest BCUT2D eigenvalue weighted by molar-refractivity contribution is 5.98. The molecule has 3 unspecified atom stereocenters. The molecule has 0 saturated carbocycles. The van der Waals surface area contributed by atoms with Gasteiger partial charge in [-0.3, -0.25) is 4.79 Å². The molecule has 0 saturated heterocycles. The van der Waals surface area contributed by atoms with Gasteiger partial charge in [0.15, 0.2) is 24.3 Å². The average molecular weight is 186 g/mol. The highest BCUT2D eigenvalue weighted by Crippen LogP contribution is 2.30. The van der Waals surface area contributed by atoms with Crippen LogP contribution in [0.15, 0.2) is 11.7 Å². The number of carbonyl (C=O) groups is 1. The van der Waals surface area contributed by atoms with Gasteiger partial charge < -0.3 is 0 Å². The summed E-state index contributed by atoms with van der Waals surface area (Å²) in [7, 11) is 0. The lowest BCUT2D eigenvalue weighted by molar-refractivity contribution is -0.126. The van der Waals surface area contributed by atoms with Crippen molar-refractivity contribution in [2.24, 2.45) is 0 Å². The Labute approximate surface area is 63.9 Å². The Bertz CT molecular complexity index is 248. The monoisotopic (exact) mass is 186 g/mol. The third-order valence-electron chi connectivity index (χ3n) is 1.48. The molecule has 3 atom stereocenters. The zero-order chi connectivity index (χ0) is 9.46. The SMILES string of the molecule is O=C1C(F)=C(F)C(F)C(F)C1F. The highest BCUT2D eigenvalue weighted by Gasteiger charge is 2.46. The Morgan fingerprint density at radius 1 is 1.00 bits per heavy atom. The topological polar surface area (TPSA) is 17.1 Å². The van der Waals surface area contributed by atoms with Crippen LogP contribution in [0.3, 0.4) is 0 Å². The molecule has 0 fully saturated rings. The number of halogens is 5. The van der Waals surface area contributed by atoms with Crippen LogP contribution in [-0.4, -0.2) is 24.3 Å². The number of Topliss-reactive ketones (excluding diaryl/α,β-unsaturated/α-hetero) is 1. The van der Waals surface area contributed by atoms with E-state index >= 15 is 0 Å². The summed E-state index contributed by atoms with van der Waals surface area (Å²) in [6, 6.07) is 0. The molecular formula is C6H3F5O. The molecule has 0 aromatic rings. The van der Waals surface area contributed by atoms with Crippen LogP contribution in [0.4, 0.5) is 22.0 Å². The number of hydrogen-bond acceptors (Lipinski definition) is 1. The molecule has 1 aliphatic carbocycles. The van der Waals surface area contributed by atoms with Crippen LogP contribution in [0.1, 0.15) is 0 Å². The van der Waals surface area contributed by atoms with Gasteiger partial charge in [0.1, 0.15) is 0 Å². The third kappa shape index (κ3) is 1.11. The average Bonchev–Trinajstić information content (AvgIpc) is 2.08. The fourth-order valence-corrected chi connectivity index (χ4v) is 0.793. The van der Waals surface area contributed by atoms with E-state index < -0.39 is 36.0 Å². The first-order chi connectivity index (χ1) is 5.46. The van der Waals surface area contributed by atoms with Gasteiger partial charge in [0.2, 0.25) is 11.6 Å². The number of allylic oxidation sites excluding steroid dienone is 2. The van der Waals surface area contributed by atoms with Gasteiger partial charge in [-0.25, -0.2) is 17.6 Å². The highest BCUT2D eigenvalue weighted by atomic mass is 19.2. The van der Waals surface area contributed by atoms with Gasteiger partial charge >= 0.3 is 0 Å². The van der Waals surface area contributed by atoms with Crippen molar-refractivity contribution in [2.75, 3.05) is 0 Å². The summed E-state index contributed by atoms with van der Waals surface area (Å²) in [5.74, 6) is -6.31. The summed E-state index contributed by atoms with van der Waals surface area (Å²) < 4.78 is 61.0. The number of rotatable bonds is 0. The Balaban J connectivity index is 3.08. The summed E-state index contributed by atoms with van der Waals surface area (Å²) in [6.45, 7) is 0. The van der Waals surface area contributed by atoms with E-state index in [-0.39, 0.29) is 0 Å². The van der Waals surface area contributed by atoms with Gasteiger partial charge in [-0.1, -0.05) is 0 Å². The predicted octanol–water partition coefficient (Wildman–Crippen LogP) is 1.73. The molecule has 1 nitrogen and oxygen atoms in total. The lowest BCUT2D eigenvalue weighted by Crippen LogP contribution is -2.40. The molecule has 0 N–H and O–H groups in total. The first-order valence-corrected chi connectivity index (χ1v) is 2.98. The van der Waals surface area contributed by atoms with Crippen molar-refractivity contribution in [3.8, 4) is 0 Å². The van der Waals surface area contributed by atoms with Crippen molar-refractivity contribution in [2.45, 2.75) is 18.5 Å². The Morgan fingerprint density at radius 2 is 1.50 bits per heavy atom. The van der Waals surface area contributed by atoms with Crippen molar-refractivity contribution in [3.63, 3.8) is 0 Å². The smallest absolute Gasteiger partial charge is 0.231 e. The van der Waals surface area contributed by atoms with Gasteiger partial charge in [0, 0.05) is 0 Å². The van der Waals surface area contributed by atoms with E-state index in [0.29, 0.717) is 0 Å². The largest absolute Gasteiger partial charge is 0.288 e. The molecule has 1 rings (SSSR count). The van der Waals surface area contributed by atoms with Crippen molar-refractivity contribution in [3.05, 3.63) is 11.7 Å². The minimum Gasteiger partial charge on any atom is -0.288 e. The van der Waals surface area contributed by atoms with Crippen LogP contribution in [0.2, 0.25) is 0 Å². The Kier molecular flexibility index (Phi) is 2.16. The number of carbonyl (C=O) groups excluding carboxylic acids is 1. The van der Waals surface area contributed by atoms with Crippen molar-refractivity contribution in [1.29, 1.82) is 0 Å². The fraction of sp³-hybridized carbons (Fsp3) is 0.500. The van der Waals surface area contributed by atoms with Crippen LogP contribution in [0.5, 0.6) is 0 Å². The number of ketones is 1. The zero-order valence-electron chi connectivity index (χ0n) is 5.53. The molecule has 0 aromatic carbocycles. The van der Waals surface area contributed by atoms with Crippen molar-refractivity contribution < 1.29 is 26.7 Å². The van der Waals surface area contributed by atoms with Gasteiger partial charge in [-0.2, -0.15) is 4.39 Å². The minimum atomic E-state index is -3.02. The quantitative estimate of drug-likeness (QED) is 0.526. The summed E-state index contributed by atoms with van der Waals surface area (Å²) in [6.07, 6.45) is -8.91. The second-order valence-electron chi connectivity index (χ2n) is 2.27. The van der Waals surface area contributed by atoms with Crippen LogP contribution in [0.25, 0.3) is 0 Å². The molecule has 0 radical (unpaired) electrons. The molecule has 0 bridgehead atoms.